The molecule has 20 heavy (non-hydrogen) atoms. The topological polar surface area (TPSA) is 54.8 Å². The van der Waals surface area contributed by atoms with Crippen molar-refractivity contribution in [2.75, 3.05) is 0 Å². The van der Waals surface area contributed by atoms with Crippen LogP contribution in [0.2, 0.25) is 0 Å². The third kappa shape index (κ3) is 1.93. The van der Waals surface area contributed by atoms with Gasteiger partial charge in [0.15, 0.2) is 4.67 Å². The SMILES string of the molecule is CC(C)n1c(-c2ccoc2Br)nc2cc(C#N)ccc21. The minimum atomic E-state index is 0.254. The van der Waals surface area contributed by atoms with Crippen molar-refractivity contribution < 1.29 is 4.42 Å². The number of aromatic nitrogens is 2. The highest BCUT2D eigenvalue weighted by molar-refractivity contribution is 9.10. The predicted octanol–water partition coefficient (Wildman–Crippen LogP) is 4.51. The van der Waals surface area contributed by atoms with E-state index in [0.717, 1.165) is 22.4 Å². The van der Waals surface area contributed by atoms with Gasteiger partial charge in [0.25, 0.3) is 0 Å². The van der Waals surface area contributed by atoms with Gasteiger partial charge in [-0.3, -0.25) is 0 Å². The van der Waals surface area contributed by atoms with E-state index in [1.807, 2.05) is 24.3 Å². The summed E-state index contributed by atoms with van der Waals surface area (Å²) in [4.78, 5) is 4.67. The molecule has 0 unspecified atom stereocenters. The Morgan fingerprint density at radius 3 is 2.75 bits per heavy atom. The molecule has 2 heterocycles. The average Bonchev–Trinajstić information content (AvgIpc) is 3.00. The van der Waals surface area contributed by atoms with E-state index in [-0.39, 0.29) is 6.04 Å². The van der Waals surface area contributed by atoms with E-state index < -0.39 is 0 Å². The maximum absolute atomic E-state index is 9.00. The molecule has 0 saturated heterocycles. The fraction of sp³-hybridized carbons (Fsp3) is 0.200. The summed E-state index contributed by atoms with van der Waals surface area (Å²) in [6.45, 7) is 4.22. The highest BCUT2D eigenvalue weighted by Crippen LogP contribution is 2.33. The van der Waals surface area contributed by atoms with E-state index in [9.17, 15) is 0 Å². The number of fused-ring (bicyclic) bond motifs is 1. The van der Waals surface area contributed by atoms with Crippen LogP contribution in [0.15, 0.2) is 39.6 Å². The first-order valence-corrected chi connectivity index (χ1v) is 7.06. The first-order valence-electron chi connectivity index (χ1n) is 6.27. The second-order valence-electron chi connectivity index (χ2n) is 4.82. The summed E-state index contributed by atoms with van der Waals surface area (Å²) in [6, 6.07) is 9.86. The molecule has 0 fully saturated rings. The summed E-state index contributed by atoms with van der Waals surface area (Å²) in [5.41, 5.74) is 3.36. The molecule has 100 valence electrons. The van der Waals surface area contributed by atoms with Crippen LogP contribution in [0.4, 0.5) is 0 Å². The lowest BCUT2D eigenvalue weighted by Crippen LogP contribution is -2.02. The Labute approximate surface area is 124 Å². The van der Waals surface area contributed by atoms with Crippen molar-refractivity contribution in [3.63, 3.8) is 0 Å². The minimum absolute atomic E-state index is 0.254. The van der Waals surface area contributed by atoms with Crippen LogP contribution in [-0.4, -0.2) is 9.55 Å². The fourth-order valence-electron chi connectivity index (χ4n) is 2.33. The van der Waals surface area contributed by atoms with E-state index in [2.05, 4.69) is 45.4 Å². The van der Waals surface area contributed by atoms with Gasteiger partial charge in [-0.15, -0.1) is 0 Å². The molecule has 3 rings (SSSR count). The maximum atomic E-state index is 9.00. The number of nitriles is 1. The Kier molecular flexibility index (Phi) is 3.11. The molecule has 0 aliphatic carbocycles. The van der Waals surface area contributed by atoms with E-state index in [4.69, 9.17) is 9.68 Å². The van der Waals surface area contributed by atoms with Gasteiger partial charge in [-0.2, -0.15) is 5.26 Å². The van der Waals surface area contributed by atoms with Crippen molar-refractivity contribution in [3.8, 4) is 17.5 Å². The van der Waals surface area contributed by atoms with Gasteiger partial charge in [-0.25, -0.2) is 4.98 Å². The van der Waals surface area contributed by atoms with E-state index in [1.54, 1.807) is 6.26 Å². The molecule has 0 aliphatic heterocycles. The number of rotatable bonds is 2. The Balaban J connectivity index is 2.34. The van der Waals surface area contributed by atoms with Crippen molar-refractivity contribution in [1.82, 2.24) is 9.55 Å². The minimum Gasteiger partial charge on any atom is -0.457 e. The van der Waals surface area contributed by atoms with Crippen LogP contribution in [0, 0.1) is 11.3 Å². The normalized spacial score (nSPS) is 11.2. The second kappa shape index (κ2) is 4.80. The number of hydrogen-bond acceptors (Lipinski definition) is 3. The number of benzene rings is 1. The van der Waals surface area contributed by atoms with E-state index >= 15 is 0 Å². The molecule has 1 aromatic carbocycles. The van der Waals surface area contributed by atoms with Gasteiger partial charge in [0, 0.05) is 6.04 Å². The Morgan fingerprint density at radius 1 is 1.35 bits per heavy atom. The van der Waals surface area contributed by atoms with Crippen LogP contribution in [0.1, 0.15) is 25.5 Å². The van der Waals surface area contributed by atoms with Gasteiger partial charge in [-0.05, 0) is 54.0 Å². The lowest BCUT2D eigenvalue weighted by Gasteiger charge is -2.12. The molecule has 0 spiro atoms. The number of nitrogens with zero attached hydrogens (tertiary/aromatic N) is 3. The van der Waals surface area contributed by atoms with E-state index in [0.29, 0.717) is 10.2 Å². The lowest BCUT2D eigenvalue weighted by molar-refractivity contribution is 0.541. The quantitative estimate of drug-likeness (QED) is 0.694. The van der Waals surface area contributed by atoms with E-state index in [1.165, 1.54) is 0 Å². The fourth-order valence-corrected chi connectivity index (χ4v) is 2.75. The molecule has 2 aromatic heterocycles. The van der Waals surface area contributed by atoms with Gasteiger partial charge < -0.3 is 8.98 Å². The first-order chi connectivity index (χ1) is 9.61. The van der Waals surface area contributed by atoms with Crippen LogP contribution in [-0.2, 0) is 0 Å². The van der Waals surface area contributed by atoms with Gasteiger partial charge in [0.2, 0.25) is 0 Å². The van der Waals surface area contributed by atoms with Crippen LogP contribution in [0.25, 0.3) is 22.4 Å². The Bertz CT molecular complexity index is 823. The molecule has 0 aliphatic rings. The molecule has 0 bridgehead atoms. The molecule has 3 aromatic rings. The maximum Gasteiger partial charge on any atom is 0.179 e. The molecule has 0 atom stereocenters. The monoisotopic (exact) mass is 329 g/mol. The Hall–Kier alpha value is -2.06. The largest absolute Gasteiger partial charge is 0.457 e. The summed E-state index contributed by atoms with van der Waals surface area (Å²) >= 11 is 3.40. The third-order valence-electron chi connectivity index (χ3n) is 3.19. The molecular formula is C15H12BrN3O. The van der Waals surface area contributed by atoms with Crippen molar-refractivity contribution >= 4 is 27.0 Å². The Morgan fingerprint density at radius 2 is 2.15 bits per heavy atom. The lowest BCUT2D eigenvalue weighted by atomic mass is 10.2. The zero-order valence-corrected chi connectivity index (χ0v) is 12.7. The van der Waals surface area contributed by atoms with Crippen LogP contribution in [0.3, 0.4) is 0 Å². The highest BCUT2D eigenvalue weighted by Gasteiger charge is 2.18. The standard InChI is InChI=1S/C15H12BrN3O/c1-9(2)19-13-4-3-10(8-17)7-12(13)18-15(19)11-5-6-20-14(11)16/h3-7,9H,1-2H3. The second-order valence-corrected chi connectivity index (χ2v) is 5.54. The summed E-state index contributed by atoms with van der Waals surface area (Å²) < 4.78 is 8.11. The first kappa shape index (κ1) is 12.9. The third-order valence-corrected chi connectivity index (χ3v) is 3.81. The average molecular weight is 330 g/mol. The summed E-state index contributed by atoms with van der Waals surface area (Å²) in [5.74, 6) is 0.839. The summed E-state index contributed by atoms with van der Waals surface area (Å²) in [5, 5.41) is 9.00. The molecule has 0 N–H and O–H groups in total. The molecule has 0 amide bonds. The van der Waals surface area contributed by atoms with Crippen LogP contribution in [0.5, 0.6) is 0 Å². The molecule has 0 radical (unpaired) electrons. The summed E-state index contributed by atoms with van der Waals surface area (Å²) in [7, 11) is 0. The molecular weight excluding hydrogens is 318 g/mol. The van der Waals surface area contributed by atoms with Crippen molar-refractivity contribution in [2.24, 2.45) is 0 Å². The van der Waals surface area contributed by atoms with Gasteiger partial charge in [0.1, 0.15) is 5.82 Å². The van der Waals surface area contributed by atoms with Crippen molar-refractivity contribution in [2.45, 2.75) is 19.9 Å². The van der Waals surface area contributed by atoms with Gasteiger partial charge >= 0.3 is 0 Å². The van der Waals surface area contributed by atoms with Gasteiger partial charge in [0.05, 0.1) is 34.5 Å². The zero-order valence-electron chi connectivity index (χ0n) is 11.1. The number of imidazole rings is 1. The molecule has 5 heteroatoms. The van der Waals surface area contributed by atoms with Gasteiger partial charge in [-0.1, -0.05) is 0 Å². The molecule has 0 saturated carbocycles. The molecule has 4 nitrogen and oxygen atoms in total. The van der Waals surface area contributed by atoms with Crippen LogP contribution >= 0.6 is 15.9 Å². The van der Waals surface area contributed by atoms with Crippen molar-refractivity contribution in [3.05, 3.63) is 40.8 Å². The highest BCUT2D eigenvalue weighted by atomic mass is 79.9. The van der Waals surface area contributed by atoms with Crippen molar-refractivity contribution in [1.29, 1.82) is 5.26 Å². The number of halogens is 1. The predicted molar refractivity (Wildman–Crippen MR) is 80.2 cm³/mol. The number of hydrogen-bond donors (Lipinski definition) is 0. The smallest absolute Gasteiger partial charge is 0.179 e. The van der Waals surface area contributed by atoms with Crippen LogP contribution < -0.4 is 0 Å². The zero-order chi connectivity index (χ0) is 14.3. The summed E-state index contributed by atoms with van der Waals surface area (Å²) in [6.07, 6.45) is 1.63. The number of furan rings is 1.